The molecular weight excluding hydrogens is 313 g/mol. The van der Waals surface area contributed by atoms with E-state index in [-0.39, 0.29) is 11.6 Å². The lowest BCUT2D eigenvalue weighted by molar-refractivity contribution is 0.0948. The number of benzene rings is 1. The highest BCUT2D eigenvalue weighted by molar-refractivity contribution is 6.04. The Kier molecular flexibility index (Phi) is 6.39. The summed E-state index contributed by atoms with van der Waals surface area (Å²) in [6.45, 7) is 1.03. The maximum Gasteiger partial charge on any atom is 0.274 e. The summed E-state index contributed by atoms with van der Waals surface area (Å²) in [5, 5.41) is 5.26. The van der Waals surface area contributed by atoms with Gasteiger partial charge in [-0.3, -0.25) is 14.6 Å². The zero-order chi connectivity index (χ0) is 17.4. The molecular formula is C17H18FN3O3. The first-order valence-electron chi connectivity index (χ1n) is 7.40. The third kappa shape index (κ3) is 5.13. The first kappa shape index (κ1) is 17.6. The molecule has 2 amide bonds. The monoisotopic (exact) mass is 331 g/mol. The molecule has 7 heteroatoms. The molecule has 0 aliphatic rings. The number of hydrogen-bond donors (Lipinski definition) is 2. The third-order valence-electron chi connectivity index (χ3n) is 3.15. The molecule has 0 unspecified atom stereocenters. The van der Waals surface area contributed by atoms with Crippen LogP contribution in [0.25, 0.3) is 0 Å². The van der Waals surface area contributed by atoms with Crippen LogP contribution < -0.4 is 10.6 Å². The first-order chi connectivity index (χ1) is 11.6. The molecule has 0 bridgehead atoms. The Morgan fingerprint density at radius 1 is 1.21 bits per heavy atom. The number of carbonyl (C=O) groups is 2. The summed E-state index contributed by atoms with van der Waals surface area (Å²) in [6, 6.07) is 8.44. The van der Waals surface area contributed by atoms with Crippen LogP contribution in [-0.4, -0.2) is 37.1 Å². The van der Waals surface area contributed by atoms with E-state index < -0.39 is 11.7 Å². The number of rotatable bonds is 7. The van der Waals surface area contributed by atoms with Crippen molar-refractivity contribution in [2.45, 2.75) is 6.42 Å². The quantitative estimate of drug-likeness (QED) is 0.763. The second-order valence-electron chi connectivity index (χ2n) is 5.00. The fourth-order valence-electron chi connectivity index (χ4n) is 1.98. The van der Waals surface area contributed by atoms with Crippen molar-refractivity contribution < 1.29 is 18.7 Å². The van der Waals surface area contributed by atoms with E-state index in [4.69, 9.17) is 4.74 Å². The summed E-state index contributed by atoms with van der Waals surface area (Å²) >= 11 is 0. The van der Waals surface area contributed by atoms with Gasteiger partial charge < -0.3 is 15.4 Å². The normalized spacial score (nSPS) is 10.2. The second-order valence-corrected chi connectivity index (χ2v) is 5.00. The molecule has 0 atom stereocenters. The maximum absolute atomic E-state index is 13.1. The number of hydrogen-bond acceptors (Lipinski definition) is 4. The number of pyridine rings is 1. The van der Waals surface area contributed by atoms with E-state index in [9.17, 15) is 14.0 Å². The summed E-state index contributed by atoms with van der Waals surface area (Å²) in [4.78, 5) is 28.1. The van der Waals surface area contributed by atoms with E-state index in [0.717, 1.165) is 0 Å². The minimum atomic E-state index is -0.519. The van der Waals surface area contributed by atoms with Crippen molar-refractivity contribution in [2.24, 2.45) is 0 Å². The number of ether oxygens (including phenoxy) is 1. The predicted molar refractivity (Wildman–Crippen MR) is 87.4 cm³/mol. The summed E-state index contributed by atoms with van der Waals surface area (Å²) in [7, 11) is 1.59. The lowest BCUT2D eigenvalue weighted by Crippen LogP contribution is -2.25. The lowest BCUT2D eigenvalue weighted by Gasteiger charge is -2.07. The number of anilines is 1. The van der Waals surface area contributed by atoms with Crippen LogP contribution in [0.2, 0.25) is 0 Å². The van der Waals surface area contributed by atoms with Crippen molar-refractivity contribution in [3.8, 4) is 0 Å². The molecule has 0 saturated carbocycles. The highest BCUT2D eigenvalue weighted by Gasteiger charge is 2.12. The van der Waals surface area contributed by atoms with Gasteiger partial charge in [-0.1, -0.05) is 6.07 Å². The number of nitrogens with zero attached hydrogens (tertiary/aromatic N) is 1. The molecule has 2 N–H and O–H groups in total. The number of amides is 2. The summed E-state index contributed by atoms with van der Waals surface area (Å²) in [6.07, 6.45) is 2.07. The van der Waals surface area contributed by atoms with Gasteiger partial charge in [-0.25, -0.2) is 4.39 Å². The summed E-state index contributed by atoms with van der Waals surface area (Å²) in [5.74, 6) is -1.27. The van der Waals surface area contributed by atoms with E-state index in [1.807, 2.05) is 0 Å². The van der Waals surface area contributed by atoms with Gasteiger partial charge in [0.1, 0.15) is 11.5 Å². The highest BCUT2D eigenvalue weighted by atomic mass is 19.1. The Morgan fingerprint density at radius 2 is 2.04 bits per heavy atom. The Labute approximate surface area is 139 Å². The average Bonchev–Trinajstić information content (AvgIpc) is 2.58. The first-order valence-corrected chi connectivity index (χ1v) is 7.40. The Bertz CT molecular complexity index is 722. The van der Waals surface area contributed by atoms with Gasteiger partial charge in [0.05, 0.1) is 0 Å². The molecule has 2 aromatic rings. The predicted octanol–water partition coefficient (Wildman–Crippen LogP) is 2.24. The Morgan fingerprint density at radius 3 is 2.79 bits per heavy atom. The van der Waals surface area contributed by atoms with Crippen LogP contribution in [0.1, 0.15) is 27.3 Å². The van der Waals surface area contributed by atoms with Crippen LogP contribution >= 0.6 is 0 Å². The fraction of sp³-hybridized carbons (Fsp3) is 0.235. The SMILES string of the molecule is COCCCNC(=O)c1ccnc(C(=O)Nc2cccc(F)c2)c1. The summed E-state index contributed by atoms with van der Waals surface area (Å²) in [5.41, 5.74) is 0.715. The van der Waals surface area contributed by atoms with Gasteiger partial charge in [-0.15, -0.1) is 0 Å². The minimum absolute atomic E-state index is 0.0730. The van der Waals surface area contributed by atoms with Crippen LogP contribution in [0, 0.1) is 5.82 Å². The van der Waals surface area contributed by atoms with E-state index in [0.29, 0.717) is 30.8 Å². The van der Waals surface area contributed by atoms with Gasteiger partial charge in [-0.05, 0) is 36.8 Å². The van der Waals surface area contributed by atoms with Crippen molar-refractivity contribution in [3.05, 3.63) is 59.7 Å². The van der Waals surface area contributed by atoms with E-state index in [1.54, 1.807) is 13.2 Å². The van der Waals surface area contributed by atoms with Crippen molar-refractivity contribution >= 4 is 17.5 Å². The lowest BCUT2D eigenvalue weighted by atomic mass is 10.2. The van der Waals surface area contributed by atoms with Gasteiger partial charge in [0.2, 0.25) is 0 Å². The molecule has 0 saturated heterocycles. The molecule has 24 heavy (non-hydrogen) atoms. The van der Waals surface area contributed by atoms with Gasteiger partial charge in [0.15, 0.2) is 0 Å². The minimum Gasteiger partial charge on any atom is -0.385 e. The zero-order valence-electron chi connectivity index (χ0n) is 13.2. The number of aromatic nitrogens is 1. The highest BCUT2D eigenvalue weighted by Crippen LogP contribution is 2.11. The van der Waals surface area contributed by atoms with Crippen molar-refractivity contribution in [2.75, 3.05) is 25.6 Å². The number of carbonyl (C=O) groups excluding carboxylic acids is 2. The number of methoxy groups -OCH3 is 1. The van der Waals surface area contributed by atoms with Gasteiger partial charge in [0.25, 0.3) is 11.8 Å². The molecule has 0 aliphatic carbocycles. The maximum atomic E-state index is 13.1. The standard InChI is InChI=1S/C17H18FN3O3/c1-24-9-3-7-20-16(22)12-6-8-19-15(10-12)17(23)21-14-5-2-4-13(18)11-14/h2,4-6,8,10-11H,3,7,9H2,1H3,(H,20,22)(H,21,23). The van der Waals surface area contributed by atoms with E-state index in [2.05, 4.69) is 15.6 Å². The fourth-order valence-corrected chi connectivity index (χ4v) is 1.98. The van der Waals surface area contributed by atoms with E-state index >= 15 is 0 Å². The largest absolute Gasteiger partial charge is 0.385 e. The van der Waals surface area contributed by atoms with Crippen molar-refractivity contribution in [3.63, 3.8) is 0 Å². The molecule has 1 aromatic heterocycles. The van der Waals surface area contributed by atoms with Crippen LogP contribution in [0.15, 0.2) is 42.6 Å². The summed E-state index contributed by atoms with van der Waals surface area (Å²) < 4.78 is 18.0. The second kappa shape index (κ2) is 8.73. The van der Waals surface area contributed by atoms with Crippen molar-refractivity contribution in [1.29, 1.82) is 0 Å². The average molecular weight is 331 g/mol. The topological polar surface area (TPSA) is 80.3 Å². The molecule has 1 aromatic carbocycles. The molecule has 0 aliphatic heterocycles. The molecule has 0 spiro atoms. The molecule has 2 rings (SSSR count). The smallest absolute Gasteiger partial charge is 0.274 e. The molecule has 126 valence electrons. The van der Waals surface area contributed by atoms with Crippen LogP contribution in [-0.2, 0) is 4.74 Å². The third-order valence-corrected chi connectivity index (χ3v) is 3.15. The molecule has 0 fully saturated rings. The Hall–Kier alpha value is -2.80. The van der Waals surface area contributed by atoms with Gasteiger partial charge in [-0.2, -0.15) is 0 Å². The van der Waals surface area contributed by atoms with Gasteiger partial charge in [0, 0.05) is 37.7 Å². The van der Waals surface area contributed by atoms with Crippen LogP contribution in [0.5, 0.6) is 0 Å². The van der Waals surface area contributed by atoms with Crippen molar-refractivity contribution in [1.82, 2.24) is 10.3 Å². The number of nitrogens with one attached hydrogen (secondary N) is 2. The number of halogens is 1. The Balaban J connectivity index is 2.01. The molecule has 0 radical (unpaired) electrons. The van der Waals surface area contributed by atoms with E-state index in [1.165, 1.54) is 36.5 Å². The molecule has 1 heterocycles. The van der Waals surface area contributed by atoms with Crippen LogP contribution in [0.4, 0.5) is 10.1 Å². The molecule has 6 nitrogen and oxygen atoms in total. The van der Waals surface area contributed by atoms with Crippen LogP contribution in [0.3, 0.4) is 0 Å². The van der Waals surface area contributed by atoms with Gasteiger partial charge >= 0.3 is 0 Å². The zero-order valence-corrected chi connectivity index (χ0v) is 13.2.